The van der Waals surface area contributed by atoms with Gasteiger partial charge in [0.25, 0.3) is 5.91 Å². The third-order valence-corrected chi connectivity index (χ3v) is 5.75. The molecule has 1 amide bonds. The van der Waals surface area contributed by atoms with Gasteiger partial charge < -0.3 is 19.5 Å². The number of aromatic nitrogens is 1. The zero-order valence-corrected chi connectivity index (χ0v) is 19.5. The molecule has 7 nitrogen and oxygen atoms in total. The Labute approximate surface area is 200 Å². The Morgan fingerprint density at radius 2 is 1.88 bits per heavy atom. The van der Waals surface area contributed by atoms with Crippen molar-refractivity contribution in [3.05, 3.63) is 89.7 Å². The minimum Gasteiger partial charge on any atom is -0.490 e. The highest BCUT2D eigenvalue weighted by molar-refractivity contribution is 5.94. The van der Waals surface area contributed by atoms with Crippen molar-refractivity contribution in [3.8, 4) is 11.5 Å². The highest BCUT2D eigenvalue weighted by atomic mass is 16.5. The predicted molar refractivity (Wildman–Crippen MR) is 130 cm³/mol. The van der Waals surface area contributed by atoms with E-state index in [2.05, 4.69) is 27.3 Å². The van der Waals surface area contributed by atoms with Crippen molar-refractivity contribution in [2.45, 2.75) is 19.6 Å². The highest BCUT2D eigenvalue weighted by Crippen LogP contribution is 2.29. The molecule has 1 aliphatic rings. The van der Waals surface area contributed by atoms with Crippen molar-refractivity contribution in [1.29, 1.82) is 0 Å². The molecule has 0 spiro atoms. The molecular formula is C27H31N3O4. The first-order chi connectivity index (χ1) is 16.7. The van der Waals surface area contributed by atoms with E-state index in [1.54, 1.807) is 30.6 Å². The molecule has 1 N–H and O–H groups in total. The van der Waals surface area contributed by atoms with Gasteiger partial charge in [0, 0.05) is 43.2 Å². The summed E-state index contributed by atoms with van der Waals surface area (Å²) in [6.45, 7) is 6.35. The van der Waals surface area contributed by atoms with Gasteiger partial charge in [-0.05, 0) is 36.8 Å². The summed E-state index contributed by atoms with van der Waals surface area (Å²) in [5.74, 6) is 0.999. The van der Waals surface area contributed by atoms with Gasteiger partial charge in [0.15, 0.2) is 11.5 Å². The third-order valence-electron chi connectivity index (χ3n) is 5.75. The Morgan fingerprint density at radius 1 is 1.06 bits per heavy atom. The summed E-state index contributed by atoms with van der Waals surface area (Å²) >= 11 is 0. The highest BCUT2D eigenvalue weighted by Gasteiger charge is 2.23. The Hall–Kier alpha value is -3.42. The lowest BCUT2D eigenvalue weighted by Gasteiger charge is -2.35. The molecule has 7 heteroatoms. The van der Waals surface area contributed by atoms with E-state index in [-0.39, 0.29) is 11.9 Å². The molecule has 4 rings (SSSR count). The van der Waals surface area contributed by atoms with E-state index in [4.69, 9.17) is 14.2 Å². The second-order valence-electron chi connectivity index (χ2n) is 8.03. The number of nitrogens with one attached hydrogen (secondary N) is 1. The molecule has 1 unspecified atom stereocenters. The van der Waals surface area contributed by atoms with Crippen LogP contribution >= 0.6 is 0 Å². The molecule has 0 aliphatic carbocycles. The maximum atomic E-state index is 13.1. The molecule has 1 fully saturated rings. The molecular weight excluding hydrogens is 430 g/mol. The number of hydrogen-bond donors (Lipinski definition) is 1. The average Bonchev–Trinajstić information content (AvgIpc) is 2.90. The molecule has 0 radical (unpaired) electrons. The van der Waals surface area contributed by atoms with Gasteiger partial charge in [-0.2, -0.15) is 0 Å². The van der Waals surface area contributed by atoms with Crippen LogP contribution in [0.25, 0.3) is 0 Å². The summed E-state index contributed by atoms with van der Waals surface area (Å²) in [6, 6.07) is 19.5. The van der Waals surface area contributed by atoms with Gasteiger partial charge in [-0.25, -0.2) is 0 Å². The summed E-state index contributed by atoms with van der Waals surface area (Å²) < 4.78 is 17.2. The van der Waals surface area contributed by atoms with Gasteiger partial charge in [-0.15, -0.1) is 0 Å². The summed E-state index contributed by atoms with van der Waals surface area (Å²) in [5.41, 5.74) is 2.67. The van der Waals surface area contributed by atoms with E-state index in [1.807, 2.05) is 37.3 Å². The van der Waals surface area contributed by atoms with Crippen LogP contribution < -0.4 is 14.8 Å². The summed E-state index contributed by atoms with van der Waals surface area (Å²) in [5, 5.41) is 3.12. The van der Waals surface area contributed by atoms with E-state index in [0.717, 1.165) is 18.7 Å². The number of amides is 1. The van der Waals surface area contributed by atoms with Crippen molar-refractivity contribution < 1.29 is 19.0 Å². The number of nitrogens with zero attached hydrogens (tertiary/aromatic N) is 2. The van der Waals surface area contributed by atoms with Crippen LogP contribution in [0.2, 0.25) is 0 Å². The second-order valence-corrected chi connectivity index (χ2v) is 8.03. The molecule has 2 heterocycles. The fourth-order valence-electron chi connectivity index (χ4n) is 3.99. The van der Waals surface area contributed by atoms with E-state index in [1.165, 1.54) is 5.56 Å². The maximum absolute atomic E-state index is 13.1. The number of rotatable bonds is 10. The molecule has 2 aromatic carbocycles. The molecule has 3 aromatic rings. The topological polar surface area (TPSA) is 72.9 Å². The third kappa shape index (κ3) is 6.34. The van der Waals surface area contributed by atoms with Crippen LogP contribution in [-0.4, -0.2) is 55.2 Å². The van der Waals surface area contributed by atoms with Crippen LogP contribution in [-0.2, 0) is 11.3 Å². The van der Waals surface area contributed by atoms with Crippen LogP contribution in [0.1, 0.15) is 34.5 Å². The van der Waals surface area contributed by atoms with Gasteiger partial charge >= 0.3 is 0 Å². The standard InChI is InChI=1S/C27H31N3O4/c1-2-33-26-17-23(10-11-25(26)34-20-21-7-6-12-28-18-21)27(31)29-19-24(22-8-4-3-5-9-22)30-13-15-32-16-14-30/h3-12,17-18,24H,2,13-16,19-20H2,1H3,(H,29,31). The van der Waals surface area contributed by atoms with Gasteiger partial charge in [0.2, 0.25) is 0 Å². The molecule has 34 heavy (non-hydrogen) atoms. The normalized spacial score (nSPS) is 14.9. The Bertz CT molecular complexity index is 1040. The van der Waals surface area contributed by atoms with E-state index < -0.39 is 0 Å². The van der Waals surface area contributed by atoms with Crippen LogP contribution in [0.4, 0.5) is 0 Å². The van der Waals surface area contributed by atoms with Gasteiger partial charge in [-0.1, -0.05) is 36.4 Å². The van der Waals surface area contributed by atoms with Crippen LogP contribution in [0, 0.1) is 0 Å². The monoisotopic (exact) mass is 461 g/mol. The Morgan fingerprint density at radius 3 is 2.62 bits per heavy atom. The van der Waals surface area contributed by atoms with Crippen LogP contribution in [0.5, 0.6) is 11.5 Å². The zero-order valence-electron chi connectivity index (χ0n) is 19.5. The maximum Gasteiger partial charge on any atom is 0.251 e. The average molecular weight is 462 g/mol. The fourth-order valence-corrected chi connectivity index (χ4v) is 3.99. The lowest BCUT2D eigenvalue weighted by atomic mass is 10.0. The first-order valence-electron chi connectivity index (χ1n) is 11.7. The minimum absolute atomic E-state index is 0.0856. The lowest BCUT2D eigenvalue weighted by Crippen LogP contribution is -2.43. The van der Waals surface area contributed by atoms with Crippen molar-refractivity contribution in [2.75, 3.05) is 39.5 Å². The number of benzene rings is 2. The van der Waals surface area contributed by atoms with Gasteiger partial charge in [0.1, 0.15) is 6.61 Å². The van der Waals surface area contributed by atoms with E-state index in [9.17, 15) is 4.79 Å². The lowest BCUT2D eigenvalue weighted by molar-refractivity contribution is 0.0162. The molecule has 1 saturated heterocycles. The largest absolute Gasteiger partial charge is 0.490 e. The Kier molecular flexibility index (Phi) is 8.48. The molecule has 0 saturated carbocycles. The van der Waals surface area contributed by atoms with Gasteiger partial charge in [0.05, 0.1) is 25.9 Å². The zero-order chi connectivity index (χ0) is 23.6. The number of hydrogen-bond acceptors (Lipinski definition) is 6. The molecule has 1 aromatic heterocycles. The Balaban J connectivity index is 1.44. The second kappa shape index (κ2) is 12.2. The number of morpholine rings is 1. The predicted octanol–water partition coefficient (Wildman–Crippen LogP) is 3.86. The SMILES string of the molecule is CCOc1cc(C(=O)NCC(c2ccccc2)N2CCOCC2)ccc1OCc1cccnc1. The van der Waals surface area contributed by atoms with Crippen molar-refractivity contribution in [2.24, 2.45) is 0 Å². The van der Waals surface area contributed by atoms with Crippen molar-refractivity contribution >= 4 is 5.91 Å². The first kappa shape index (κ1) is 23.7. The number of pyridine rings is 1. The van der Waals surface area contributed by atoms with Crippen LogP contribution in [0.3, 0.4) is 0 Å². The molecule has 178 valence electrons. The van der Waals surface area contributed by atoms with Crippen LogP contribution in [0.15, 0.2) is 73.1 Å². The quantitative estimate of drug-likeness (QED) is 0.494. The van der Waals surface area contributed by atoms with E-state index in [0.29, 0.717) is 50.0 Å². The molecule has 1 atom stereocenters. The smallest absolute Gasteiger partial charge is 0.251 e. The summed E-state index contributed by atoms with van der Waals surface area (Å²) in [6.07, 6.45) is 3.49. The number of carbonyl (C=O) groups is 1. The van der Waals surface area contributed by atoms with Gasteiger partial charge in [-0.3, -0.25) is 14.7 Å². The van der Waals surface area contributed by atoms with Crippen molar-refractivity contribution in [1.82, 2.24) is 15.2 Å². The first-order valence-corrected chi connectivity index (χ1v) is 11.7. The van der Waals surface area contributed by atoms with E-state index >= 15 is 0 Å². The van der Waals surface area contributed by atoms with Crippen molar-refractivity contribution in [3.63, 3.8) is 0 Å². The summed E-state index contributed by atoms with van der Waals surface area (Å²) in [4.78, 5) is 19.5. The minimum atomic E-state index is -0.144. The fraction of sp³-hybridized carbons (Fsp3) is 0.333. The molecule has 0 bridgehead atoms. The number of carbonyl (C=O) groups excluding carboxylic acids is 1. The molecule has 1 aliphatic heterocycles. The summed E-state index contributed by atoms with van der Waals surface area (Å²) in [7, 11) is 0. The number of ether oxygens (including phenoxy) is 3.